The predicted octanol–water partition coefficient (Wildman–Crippen LogP) is 3.37. The standard InChI is InChI=1S/C15H29N3/c1-6-10-16-15(7-2)9-8-11-18-14(5)12(3)13(4)17-18/h15-16H,6-11H2,1-5H3. The molecule has 18 heavy (non-hydrogen) atoms. The maximum absolute atomic E-state index is 4.59. The molecule has 3 nitrogen and oxygen atoms in total. The second-order valence-electron chi connectivity index (χ2n) is 5.22. The Morgan fingerprint density at radius 3 is 2.44 bits per heavy atom. The van der Waals surface area contributed by atoms with Crippen LogP contribution in [0.25, 0.3) is 0 Å². The summed E-state index contributed by atoms with van der Waals surface area (Å²) in [5, 5.41) is 8.20. The molecule has 0 aliphatic rings. The van der Waals surface area contributed by atoms with Gasteiger partial charge < -0.3 is 5.32 Å². The van der Waals surface area contributed by atoms with Gasteiger partial charge >= 0.3 is 0 Å². The summed E-state index contributed by atoms with van der Waals surface area (Å²) in [4.78, 5) is 0. The van der Waals surface area contributed by atoms with Crippen LogP contribution in [0.2, 0.25) is 0 Å². The Balaban J connectivity index is 2.38. The number of hydrogen-bond donors (Lipinski definition) is 1. The van der Waals surface area contributed by atoms with Crippen LogP contribution in [0.1, 0.15) is 56.5 Å². The first kappa shape index (κ1) is 15.2. The molecule has 104 valence electrons. The first-order valence-electron chi connectivity index (χ1n) is 7.34. The van der Waals surface area contributed by atoms with Crippen molar-refractivity contribution in [2.75, 3.05) is 6.54 Å². The molecule has 1 rings (SSSR count). The summed E-state index contributed by atoms with van der Waals surface area (Å²) >= 11 is 0. The zero-order chi connectivity index (χ0) is 13.5. The van der Waals surface area contributed by atoms with Gasteiger partial charge in [-0.05, 0) is 58.6 Å². The van der Waals surface area contributed by atoms with Crippen molar-refractivity contribution in [2.24, 2.45) is 0 Å². The molecule has 1 aromatic rings. The summed E-state index contributed by atoms with van der Waals surface area (Å²) in [6.07, 6.45) is 4.88. The first-order valence-corrected chi connectivity index (χ1v) is 7.34. The third-order valence-electron chi connectivity index (χ3n) is 3.84. The van der Waals surface area contributed by atoms with Crippen molar-refractivity contribution in [1.82, 2.24) is 15.1 Å². The topological polar surface area (TPSA) is 29.9 Å². The summed E-state index contributed by atoms with van der Waals surface area (Å²) in [5.74, 6) is 0. The quantitative estimate of drug-likeness (QED) is 0.767. The Morgan fingerprint density at radius 1 is 1.22 bits per heavy atom. The van der Waals surface area contributed by atoms with E-state index in [4.69, 9.17) is 0 Å². The maximum Gasteiger partial charge on any atom is 0.0625 e. The molecule has 1 heterocycles. The lowest BCUT2D eigenvalue weighted by molar-refractivity contribution is 0.429. The Morgan fingerprint density at radius 2 is 1.94 bits per heavy atom. The van der Waals surface area contributed by atoms with Gasteiger partial charge in [0.1, 0.15) is 0 Å². The average molecular weight is 251 g/mol. The van der Waals surface area contributed by atoms with Gasteiger partial charge in [0.25, 0.3) is 0 Å². The van der Waals surface area contributed by atoms with E-state index in [1.54, 1.807) is 0 Å². The van der Waals surface area contributed by atoms with Gasteiger partial charge in [0.05, 0.1) is 5.69 Å². The van der Waals surface area contributed by atoms with E-state index in [1.807, 2.05) is 0 Å². The minimum atomic E-state index is 0.669. The molecule has 1 N–H and O–H groups in total. The number of aromatic nitrogens is 2. The van der Waals surface area contributed by atoms with Crippen molar-refractivity contribution in [1.29, 1.82) is 0 Å². The van der Waals surface area contributed by atoms with E-state index < -0.39 is 0 Å². The lowest BCUT2D eigenvalue weighted by atomic mass is 10.1. The van der Waals surface area contributed by atoms with Crippen LogP contribution >= 0.6 is 0 Å². The van der Waals surface area contributed by atoms with Crippen LogP contribution in [-0.2, 0) is 6.54 Å². The normalized spacial score (nSPS) is 12.9. The molecule has 0 saturated carbocycles. The summed E-state index contributed by atoms with van der Waals surface area (Å²) in [7, 11) is 0. The van der Waals surface area contributed by atoms with Gasteiger partial charge in [0.2, 0.25) is 0 Å². The van der Waals surface area contributed by atoms with Crippen molar-refractivity contribution in [3.05, 3.63) is 17.0 Å². The van der Waals surface area contributed by atoms with Crippen LogP contribution in [-0.4, -0.2) is 22.4 Å². The fourth-order valence-corrected chi connectivity index (χ4v) is 2.29. The number of aryl methyl sites for hydroxylation is 2. The Kier molecular flexibility index (Phi) is 6.41. The van der Waals surface area contributed by atoms with Gasteiger partial charge in [-0.25, -0.2) is 0 Å². The largest absolute Gasteiger partial charge is 0.314 e. The highest BCUT2D eigenvalue weighted by atomic mass is 15.3. The van der Waals surface area contributed by atoms with E-state index in [0.717, 1.165) is 13.1 Å². The van der Waals surface area contributed by atoms with E-state index >= 15 is 0 Å². The summed E-state index contributed by atoms with van der Waals surface area (Å²) in [5.41, 5.74) is 3.83. The maximum atomic E-state index is 4.59. The van der Waals surface area contributed by atoms with E-state index in [1.165, 1.54) is 42.6 Å². The van der Waals surface area contributed by atoms with Gasteiger partial charge in [-0.3, -0.25) is 4.68 Å². The molecular formula is C15H29N3. The number of nitrogens with one attached hydrogen (secondary N) is 1. The molecule has 0 fully saturated rings. The van der Waals surface area contributed by atoms with Crippen LogP contribution in [0.3, 0.4) is 0 Å². The van der Waals surface area contributed by atoms with Crippen molar-refractivity contribution in [2.45, 2.75) is 72.9 Å². The number of nitrogens with zero attached hydrogens (tertiary/aromatic N) is 2. The second kappa shape index (κ2) is 7.57. The zero-order valence-electron chi connectivity index (χ0n) is 12.7. The lowest BCUT2D eigenvalue weighted by Gasteiger charge is -2.16. The van der Waals surface area contributed by atoms with Crippen molar-refractivity contribution in [3.63, 3.8) is 0 Å². The van der Waals surface area contributed by atoms with Crippen LogP contribution in [0.5, 0.6) is 0 Å². The third-order valence-corrected chi connectivity index (χ3v) is 3.84. The van der Waals surface area contributed by atoms with Crippen LogP contribution < -0.4 is 5.32 Å². The molecule has 0 aromatic carbocycles. The number of rotatable bonds is 8. The molecule has 0 spiro atoms. The Labute approximate surface area is 112 Å². The van der Waals surface area contributed by atoms with E-state index in [0.29, 0.717) is 6.04 Å². The average Bonchev–Trinajstić information content (AvgIpc) is 2.61. The van der Waals surface area contributed by atoms with E-state index in [2.05, 4.69) is 49.7 Å². The summed E-state index contributed by atoms with van der Waals surface area (Å²) in [6.45, 7) is 13.1. The fourth-order valence-electron chi connectivity index (χ4n) is 2.29. The molecule has 0 aliphatic carbocycles. The lowest BCUT2D eigenvalue weighted by Crippen LogP contribution is -2.29. The van der Waals surface area contributed by atoms with Gasteiger partial charge in [0.15, 0.2) is 0 Å². The Hall–Kier alpha value is -0.830. The molecule has 0 bridgehead atoms. The third kappa shape index (κ3) is 4.13. The highest BCUT2D eigenvalue weighted by Crippen LogP contribution is 2.12. The summed E-state index contributed by atoms with van der Waals surface area (Å²) < 4.78 is 2.16. The van der Waals surface area contributed by atoms with Gasteiger partial charge in [0, 0.05) is 18.3 Å². The molecule has 0 radical (unpaired) electrons. The fraction of sp³-hybridized carbons (Fsp3) is 0.800. The molecule has 1 aromatic heterocycles. The van der Waals surface area contributed by atoms with E-state index in [-0.39, 0.29) is 0 Å². The van der Waals surface area contributed by atoms with Crippen LogP contribution in [0, 0.1) is 20.8 Å². The van der Waals surface area contributed by atoms with Crippen LogP contribution in [0.4, 0.5) is 0 Å². The molecule has 0 aliphatic heterocycles. The molecule has 1 atom stereocenters. The van der Waals surface area contributed by atoms with Crippen LogP contribution in [0.15, 0.2) is 0 Å². The van der Waals surface area contributed by atoms with E-state index in [9.17, 15) is 0 Å². The minimum absolute atomic E-state index is 0.669. The molecule has 1 unspecified atom stereocenters. The molecule has 0 saturated heterocycles. The SMILES string of the molecule is CCCNC(CC)CCCn1nc(C)c(C)c1C. The smallest absolute Gasteiger partial charge is 0.0625 e. The minimum Gasteiger partial charge on any atom is -0.314 e. The summed E-state index contributed by atoms with van der Waals surface area (Å²) in [6, 6.07) is 0.669. The van der Waals surface area contributed by atoms with Crippen molar-refractivity contribution in [3.8, 4) is 0 Å². The van der Waals surface area contributed by atoms with Gasteiger partial charge in [-0.15, -0.1) is 0 Å². The highest BCUT2D eigenvalue weighted by Gasteiger charge is 2.08. The second-order valence-corrected chi connectivity index (χ2v) is 5.22. The van der Waals surface area contributed by atoms with Crippen molar-refractivity contribution < 1.29 is 0 Å². The van der Waals surface area contributed by atoms with Crippen molar-refractivity contribution >= 4 is 0 Å². The monoisotopic (exact) mass is 251 g/mol. The van der Waals surface area contributed by atoms with Gasteiger partial charge in [-0.1, -0.05) is 13.8 Å². The zero-order valence-corrected chi connectivity index (χ0v) is 12.7. The van der Waals surface area contributed by atoms with Gasteiger partial charge in [-0.2, -0.15) is 5.10 Å². The Bertz CT molecular complexity index is 355. The molecule has 0 amide bonds. The molecule has 3 heteroatoms. The predicted molar refractivity (Wildman–Crippen MR) is 78.0 cm³/mol. The highest BCUT2D eigenvalue weighted by molar-refractivity contribution is 5.21. The number of hydrogen-bond acceptors (Lipinski definition) is 2. The first-order chi connectivity index (χ1) is 8.60. The molecular weight excluding hydrogens is 222 g/mol.